The first-order chi connectivity index (χ1) is 31.1. The van der Waals surface area contributed by atoms with Gasteiger partial charge in [0.05, 0.1) is 34.9 Å². The van der Waals surface area contributed by atoms with E-state index in [1.165, 1.54) is 7.11 Å². The maximum Gasteiger partial charge on any atom is 0.264 e. The number of pyridine rings is 1. The smallest absolute Gasteiger partial charge is 0.264 e. The zero-order chi connectivity index (χ0) is 44.3. The summed E-state index contributed by atoms with van der Waals surface area (Å²) in [6, 6.07) is 8.22. The molecule has 3 saturated heterocycles. The first kappa shape index (κ1) is 43.3. The van der Waals surface area contributed by atoms with Gasteiger partial charge in [0.2, 0.25) is 17.8 Å². The number of likely N-dealkylation sites (tertiary alicyclic amines) is 1. The number of ether oxygens (including phenoxy) is 1. The summed E-state index contributed by atoms with van der Waals surface area (Å²) in [6.45, 7) is 4.12. The first-order valence-corrected chi connectivity index (χ1v) is 22.8. The molecule has 1 aromatic carbocycles. The number of hydrogen-bond acceptors (Lipinski definition) is 13. The van der Waals surface area contributed by atoms with Gasteiger partial charge in [-0.1, -0.05) is 25.3 Å². The van der Waals surface area contributed by atoms with Crippen molar-refractivity contribution in [3.63, 3.8) is 0 Å². The van der Waals surface area contributed by atoms with Crippen molar-refractivity contribution in [2.24, 2.45) is 0 Å². The fraction of sp³-hybridized carbons (Fsp3) is 0.522. The molecule has 338 valence electrons. The fourth-order valence-corrected chi connectivity index (χ4v) is 10.00. The highest BCUT2D eigenvalue weighted by Crippen LogP contribution is 2.36. The van der Waals surface area contributed by atoms with Crippen molar-refractivity contribution in [3.05, 3.63) is 65.6 Å². The number of aromatic nitrogens is 4. The number of benzene rings is 1. The molecule has 3 aromatic heterocycles. The second kappa shape index (κ2) is 19.0. The third kappa shape index (κ3) is 9.02. The molecule has 7 heterocycles. The highest BCUT2D eigenvalue weighted by atomic mass is 19.1. The van der Waals surface area contributed by atoms with Gasteiger partial charge in [-0.15, -0.1) is 0 Å². The first-order valence-electron chi connectivity index (χ1n) is 22.8. The Morgan fingerprint density at radius 1 is 0.938 bits per heavy atom. The number of alkyl halides is 1. The molecule has 4 aromatic rings. The zero-order valence-electron chi connectivity index (χ0n) is 36.2. The van der Waals surface area contributed by atoms with Crippen LogP contribution >= 0.6 is 0 Å². The summed E-state index contributed by atoms with van der Waals surface area (Å²) in [4.78, 5) is 83.7. The Morgan fingerprint density at radius 2 is 1.77 bits per heavy atom. The van der Waals surface area contributed by atoms with Crippen molar-refractivity contribution < 1.29 is 33.1 Å². The number of rotatable bonds is 15. The van der Waals surface area contributed by atoms with E-state index in [0.29, 0.717) is 54.4 Å². The van der Waals surface area contributed by atoms with Crippen LogP contribution in [0.4, 0.5) is 27.7 Å². The number of anilines is 4. The summed E-state index contributed by atoms with van der Waals surface area (Å²) < 4.78 is 22.2. The summed E-state index contributed by atoms with van der Waals surface area (Å²) in [5.41, 5.74) is 2.68. The van der Waals surface area contributed by atoms with Crippen molar-refractivity contribution in [1.29, 1.82) is 0 Å². The number of carbonyl (C=O) groups excluding carboxylic acids is 5. The van der Waals surface area contributed by atoms with E-state index in [2.05, 4.69) is 40.7 Å². The van der Waals surface area contributed by atoms with Gasteiger partial charge in [-0.25, -0.2) is 14.4 Å². The van der Waals surface area contributed by atoms with E-state index in [1.54, 1.807) is 36.7 Å². The number of carbonyl (C=O) groups is 5. The molecule has 0 spiro atoms. The van der Waals surface area contributed by atoms with Crippen LogP contribution < -0.4 is 26.2 Å². The lowest BCUT2D eigenvalue weighted by Gasteiger charge is -2.33. The molecule has 9 rings (SSSR count). The lowest BCUT2D eigenvalue weighted by atomic mass is 10.0. The van der Waals surface area contributed by atoms with E-state index < -0.39 is 41.9 Å². The monoisotopic (exact) mass is 877 g/mol. The van der Waals surface area contributed by atoms with Crippen molar-refractivity contribution in [2.45, 2.75) is 107 Å². The van der Waals surface area contributed by atoms with Crippen molar-refractivity contribution in [3.8, 4) is 0 Å². The maximum absolute atomic E-state index is 14.6. The van der Waals surface area contributed by atoms with Gasteiger partial charge in [-0.05, 0) is 76.1 Å². The topological polar surface area (TPSA) is 196 Å². The minimum atomic E-state index is -1.12. The number of fused-ring (bicyclic) bond motifs is 2. The number of amides is 5. The fourth-order valence-electron chi connectivity index (χ4n) is 10.00. The SMILES string of the molecule is CO[C@@H]1CCN(c2nccc(Nc3cc4c(cn3)c(C(=O)NC3CCN(CCCCCNc5cccc6c5C(=O)N(C5CCC(=O)NC5=O)C6=O)CC3)cn4C3CCCC3)n2)C[C@@H]1F. The van der Waals surface area contributed by atoms with Gasteiger partial charge in [0.15, 0.2) is 0 Å². The molecular formula is C46H56FN11O6. The van der Waals surface area contributed by atoms with Crippen LogP contribution in [-0.2, 0) is 14.3 Å². The highest BCUT2D eigenvalue weighted by Gasteiger charge is 2.45. The highest BCUT2D eigenvalue weighted by molar-refractivity contribution is 6.25. The van der Waals surface area contributed by atoms with E-state index in [9.17, 15) is 28.4 Å². The van der Waals surface area contributed by atoms with Gasteiger partial charge in [-0.2, -0.15) is 4.98 Å². The molecule has 4 N–H and O–H groups in total. The largest absolute Gasteiger partial charge is 0.384 e. The van der Waals surface area contributed by atoms with Crippen molar-refractivity contribution in [2.75, 3.05) is 61.9 Å². The van der Waals surface area contributed by atoms with Crippen molar-refractivity contribution >= 4 is 63.7 Å². The third-order valence-electron chi connectivity index (χ3n) is 13.5. The number of methoxy groups -OCH3 is 1. The van der Waals surface area contributed by atoms with Gasteiger partial charge in [0.1, 0.15) is 23.8 Å². The Hall–Kier alpha value is -6.01. The molecule has 0 radical (unpaired) electrons. The van der Waals surface area contributed by atoms with Crippen LogP contribution in [-0.4, -0.2) is 130 Å². The van der Waals surface area contributed by atoms with Crippen LogP contribution in [0.2, 0.25) is 0 Å². The molecule has 3 atom stereocenters. The van der Waals surface area contributed by atoms with E-state index in [4.69, 9.17) is 9.72 Å². The van der Waals surface area contributed by atoms with Crippen LogP contribution in [0.15, 0.2) is 48.9 Å². The Labute approximate surface area is 370 Å². The second-order valence-electron chi connectivity index (χ2n) is 17.6. The molecule has 5 amide bonds. The number of unbranched alkanes of at least 4 members (excludes halogenated alkanes) is 2. The minimum Gasteiger partial charge on any atom is -0.384 e. The second-order valence-corrected chi connectivity index (χ2v) is 17.6. The molecule has 17 nitrogen and oxygen atoms in total. The lowest BCUT2D eigenvalue weighted by molar-refractivity contribution is -0.136. The number of nitrogens with zero attached hydrogens (tertiary/aromatic N) is 7. The van der Waals surface area contributed by atoms with Crippen LogP contribution in [0.5, 0.6) is 0 Å². The Morgan fingerprint density at radius 3 is 2.55 bits per heavy atom. The number of halogens is 1. The molecule has 64 heavy (non-hydrogen) atoms. The Kier molecular flexibility index (Phi) is 12.8. The summed E-state index contributed by atoms with van der Waals surface area (Å²) in [5.74, 6) is -0.549. The molecule has 4 aliphatic heterocycles. The van der Waals surface area contributed by atoms with Crippen LogP contribution in [0.3, 0.4) is 0 Å². The Bertz CT molecular complexity index is 2410. The lowest BCUT2D eigenvalue weighted by Crippen LogP contribution is -2.54. The third-order valence-corrected chi connectivity index (χ3v) is 13.5. The van der Waals surface area contributed by atoms with Gasteiger partial charge < -0.3 is 35.1 Å². The number of imide groups is 2. The molecule has 0 bridgehead atoms. The van der Waals surface area contributed by atoms with Crippen molar-refractivity contribution in [1.82, 2.24) is 40.0 Å². The zero-order valence-corrected chi connectivity index (χ0v) is 36.2. The summed E-state index contributed by atoms with van der Waals surface area (Å²) in [7, 11) is 1.54. The summed E-state index contributed by atoms with van der Waals surface area (Å²) in [6.07, 6.45) is 13.6. The molecule has 1 aliphatic carbocycles. The molecule has 18 heteroatoms. The average molecular weight is 878 g/mol. The average Bonchev–Trinajstić information content (AvgIpc) is 4.03. The molecule has 1 saturated carbocycles. The van der Waals surface area contributed by atoms with E-state index >= 15 is 0 Å². The van der Waals surface area contributed by atoms with Gasteiger partial charge >= 0.3 is 0 Å². The predicted molar refractivity (Wildman–Crippen MR) is 237 cm³/mol. The molecule has 4 fully saturated rings. The predicted octanol–water partition coefficient (Wildman–Crippen LogP) is 5.13. The molecular weight excluding hydrogens is 822 g/mol. The Balaban J connectivity index is 0.748. The van der Waals surface area contributed by atoms with E-state index in [1.807, 2.05) is 17.2 Å². The van der Waals surface area contributed by atoms with Crippen LogP contribution in [0.25, 0.3) is 10.9 Å². The summed E-state index contributed by atoms with van der Waals surface area (Å²) in [5, 5.41) is 13.0. The van der Waals surface area contributed by atoms with Gasteiger partial charge in [0.25, 0.3) is 17.7 Å². The molecule has 5 aliphatic rings. The number of nitrogens with one attached hydrogen (secondary N) is 4. The number of piperidine rings is 3. The quantitative estimate of drug-likeness (QED) is 0.0908. The standard InChI is InChI=1S/C46H56FN11O6/c1-64-37-17-23-56(27-33(37)47)46-49-19-14-38(53-46)52-39-24-36-31(25-50-39)32(26-57(36)29-8-3-4-9-29)42(60)51-28-15-21-55(22-16-28)20-6-2-5-18-48-34-11-7-10-30-41(34)45(63)58(44(30)62)35-12-13-40(59)54-43(35)61/h7,10-11,14,19,24-26,28-29,33,35,37,48H,2-6,8-9,12-13,15-18,20-23,27H2,1H3,(H,51,60)(H,54,59,61)(H,49,50,52,53)/t33-,35?,37+/m0/s1. The van der Waals surface area contributed by atoms with Crippen LogP contribution in [0.1, 0.15) is 114 Å². The summed E-state index contributed by atoms with van der Waals surface area (Å²) >= 11 is 0. The van der Waals surface area contributed by atoms with Gasteiger partial charge in [0, 0.05) is 87.5 Å². The normalized spacial score (nSPS) is 22.3. The van der Waals surface area contributed by atoms with E-state index in [0.717, 1.165) is 93.2 Å². The van der Waals surface area contributed by atoms with Gasteiger partial charge in [-0.3, -0.25) is 34.2 Å². The van der Waals surface area contributed by atoms with E-state index in [-0.39, 0.29) is 42.5 Å². The molecule has 1 unspecified atom stereocenters. The number of hydrogen-bond donors (Lipinski definition) is 4. The maximum atomic E-state index is 14.6. The van der Waals surface area contributed by atoms with Crippen LogP contribution in [0, 0.1) is 0 Å². The minimum absolute atomic E-state index is 0.0692.